The first-order chi connectivity index (χ1) is 25.3. The molecule has 10 heteroatoms. The van der Waals surface area contributed by atoms with E-state index in [0.717, 1.165) is 76.9 Å². The van der Waals surface area contributed by atoms with Crippen molar-refractivity contribution in [3.63, 3.8) is 0 Å². The van der Waals surface area contributed by atoms with Crippen molar-refractivity contribution < 1.29 is 12.8 Å². The van der Waals surface area contributed by atoms with Gasteiger partial charge in [0.05, 0.1) is 28.0 Å². The Labute approximate surface area is 302 Å². The topological polar surface area (TPSA) is 122 Å². The minimum atomic E-state index is -3.80. The van der Waals surface area contributed by atoms with E-state index in [2.05, 4.69) is 79.9 Å². The third-order valence-corrected chi connectivity index (χ3v) is 11.1. The van der Waals surface area contributed by atoms with Crippen LogP contribution in [0, 0.1) is 5.82 Å². The molecule has 0 fully saturated rings. The molecule has 2 aliphatic rings. The number of aryl methyl sites for hydroxylation is 2. The second kappa shape index (κ2) is 14.0. The first-order valence-corrected chi connectivity index (χ1v) is 18.8. The van der Waals surface area contributed by atoms with Gasteiger partial charge >= 0.3 is 0 Å². The second-order valence-electron chi connectivity index (χ2n) is 13.2. The van der Waals surface area contributed by atoms with Crippen LogP contribution in [-0.2, 0) is 22.9 Å². The average Bonchev–Trinajstić information content (AvgIpc) is 3.76. The zero-order chi connectivity index (χ0) is 35.7. The number of nitrogens with one attached hydrogen (secondary N) is 3. The number of aromatic nitrogens is 2. The number of rotatable bonds is 7. The molecule has 9 rings (SSSR count). The van der Waals surface area contributed by atoms with Crippen molar-refractivity contribution in [1.29, 1.82) is 0 Å². The van der Waals surface area contributed by atoms with Crippen LogP contribution in [0.1, 0.15) is 47.2 Å². The van der Waals surface area contributed by atoms with Crippen LogP contribution >= 0.6 is 0 Å². The largest absolute Gasteiger partial charge is 0.399 e. The van der Waals surface area contributed by atoms with Gasteiger partial charge in [0.2, 0.25) is 0 Å². The highest BCUT2D eigenvalue weighted by atomic mass is 32.2. The maximum absolute atomic E-state index is 13.1. The summed E-state index contributed by atoms with van der Waals surface area (Å²) in [6.07, 6.45) is 4.35. The Morgan fingerprint density at radius 3 is 1.75 bits per heavy atom. The molecule has 2 aromatic heterocycles. The Balaban J connectivity index is 0.000000160. The predicted octanol–water partition coefficient (Wildman–Crippen LogP) is 9.19. The van der Waals surface area contributed by atoms with Crippen molar-refractivity contribution in [2.75, 3.05) is 21.1 Å². The molecule has 0 spiro atoms. The van der Waals surface area contributed by atoms with E-state index in [1.165, 1.54) is 34.4 Å². The van der Waals surface area contributed by atoms with E-state index in [0.29, 0.717) is 11.7 Å². The highest BCUT2D eigenvalue weighted by Gasteiger charge is 2.23. The first-order valence-electron chi connectivity index (χ1n) is 17.3. The van der Waals surface area contributed by atoms with Crippen LogP contribution in [0.5, 0.6) is 0 Å². The Hall–Kier alpha value is -6.00. The lowest BCUT2D eigenvalue weighted by Gasteiger charge is -2.15. The van der Waals surface area contributed by atoms with Crippen LogP contribution < -0.4 is 21.1 Å². The quantitative estimate of drug-likeness (QED) is 0.122. The fourth-order valence-corrected chi connectivity index (χ4v) is 8.14. The van der Waals surface area contributed by atoms with Crippen molar-refractivity contribution in [2.24, 2.45) is 0 Å². The molecule has 7 aromatic rings. The molecular formula is C42H37FN6O2S. The van der Waals surface area contributed by atoms with Crippen molar-refractivity contribution >= 4 is 54.8 Å². The number of hydrogen-bond donors (Lipinski definition) is 4. The van der Waals surface area contributed by atoms with Crippen LogP contribution in [0.2, 0.25) is 0 Å². The molecule has 2 atom stereocenters. The van der Waals surface area contributed by atoms with Crippen LogP contribution in [0.25, 0.3) is 21.8 Å². The molecule has 2 heterocycles. The summed E-state index contributed by atoms with van der Waals surface area (Å²) in [5, 5.41) is 8.97. The minimum absolute atomic E-state index is 0.00325. The average molecular weight is 709 g/mol. The number of fused-ring (bicyclic) bond motifs is 4. The van der Waals surface area contributed by atoms with Gasteiger partial charge in [-0.2, -0.15) is 0 Å². The van der Waals surface area contributed by atoms with Crippen molar-refractivity contribution in [3.05, 3.63) is 162 Å². The smallest absolute Gasteiger partial charge is 0.261 e. The van der Waals surface area contributed by atoms with E-state index in [1.807, 2.05) is 36.4 Å². The molecule has 5 aromatic carbocycles. The zero-order valence-corrected chi connectivity index (χ0v) is 29.1. The predicted molar refractivity (Wildman–Crippen MR) is 207 cm³/mol. The SMILES string of the molecule is Nc1ccc2nc(N[C@@H]3CCc4ccccc43)ccc2c1.O=S(=O)(Nc1ccc2nc(N[C@@H]3CCc4ccccc43)ccc2c1)c1ccc(F)cc1. The van der Waals surface area contributed by atoms with E-state index >= 15 is 0 Å². The summed E-state index contributed by atoms with van der Waals surface area (Å²) in [7, 11) is -3.80. The summed E-state index contributed by atoms with van der Waals surface area (Å²) in [5.74, 6) is 1.23. The molecule has 52 heavy (non-hydrogen) atoms. The van der Waals surface area contributed by atoms with Crippen LogP contribution in [0.3, 0.4) is 0 Å². The number of nitrogens with two attached hydrogens (primary N) is 1. The first kappa shape index (κ1) is 33.2. The number of halogens is 1. The number of nitrogens with zero attached hydrogens (tertiary/aromatic N) is 2. The molecule has 8 nitrogen and oxygen atoms in total. The van der Waals surface area contributed by atoms with Crippen molar-refractivity contribution in [3.8, 4) is 0 Å². The van der Waals surface area contributed by atoms with Gasteiger partial charge in [-0.25, -0.2) is 22.8 Å². The Morgan fingerprint density at radius 1 is 0.615 bits per heavy atom. The van der Waals surface area contributed by atoms with Gasteiger partial charge in [-0.05, 0) is 133 Å². The van der Waals surface area contributed by atoms with E-state index in [9.17, 15) is 12.8 Å². The summed E-state index contributed by atoms with van der Waals surface area (Å²) in [6.45, 7) is 0. The zero-order valence-electron chi connectivity index (χ0n) is 28.3. The molecule has 260 valence electrons. The van der Waals surface area contributed by atoms with Gasteiger partial charge < -0.3 is 16.4 Å². The molecule has 0 unspecified atom stereocenters. The molecule has 2 aliphatic carbocycles. The summed E-state index contributed by atoms with van der Waals surface area (Å²) >= 11 is 0. The van der Waals surface area contributed by atoms with E-state index in [1.54, 1.807) is 18.2 Å². The fraction of sp³-hybridized carbons (Fsp3) is 0.143. The Kier molecular flexibility index (Phi) is 8.90. The number of nitrogen functional groups attached to an aromatic ring is 1. The van der Waals surface area contributed by atoms with Gasteiger partial charge in [-0.15, -0.1) is 0 Å². The molecule has 5 N–H and O–H groups in total. The normalized spacial score (nSPS) is 16.1. The monoisotopic (exact) mass is 708 g/mol. The number of sulfonamides is 1. The molecule has 0 aliphatic heterocycles. The van der Waals surface area contributed by atoms with Gasteiger partial charge in [-0.1, -0.05) is 48.5 Å². The lowest BCUT2D eigenvalue weighted by atomic mass is 10.1. The fourth-order valence-electron chi connectivity index (χ4n) is 7.09. The highest BCUT2D eigenvalue weighted by molar-refractivity contribution is 7.92. The summed E-state index contributed by atoms with van der Waals surface area (Å²) in [5.41, 5.74) is 14.3. The van der Waals surface area contributed by atoms with Gasteiger partial charge in [0.15, 0.2) is 0 Å². The van der Waals surface area contributed by atoms with E-state index < -0.39 is 15.8 Å². The summed E-state index contributed by atoms with van der Waals surface area (Å²) in [6, 6.07) is 41.3. The Morgan fingerprint density at radius 2 is 1.15 bits per heavy atom. The van der Waals surface area contributed by atoms with Gasteiger partial charge in [0.25, 0.3) is 10.0 Å². The third-order valence-electron chi connectivity index (χ3n) is 9.69. The molecule has 0 saturated heterocycles. The third kappa shape index (κ3) is 7.11. The van der Waals surface area contributed by atoms with Crippen LogP contribution in [-0.4, -0.2) is 18.4 Å². The lowest BCUT2D eigenvalue weighted by molar-refractivity contribution is 0.599. The highest BCUT2D eigenvalue weighted by Crippen LogP contribution is 2.35. The maximum Gasteiger partial charge on any atom is 0.261 e. The standard InChI is InChI=1S/C24H20FN3O2S.C18H17N3/c25-18-7-10-20(11-8-18)31(29,30)28-19-9-13-22-17(15-19)6-14-24(26-22)27-23-12-5-16-3-1-2-4-21(16)23;19-14-7-9-16-13(11-14)6-10-18(20-16)21-17-8-5-12-3-1-2-4-15(12)17/h1-4,6-11,13-15,23,28H,5,12H2,(H,26,27);1-4,6-7,9-11,17H,5,8,19H2,(H,20,21)/t23-;17-/m11/s1. The van der Waals surface area contributed by atoms with Crippen LogP contribution in [0.4, 0.5) is 27.4 Å². The molecule has 0 saturated carbocycles. The second-order valence-corrected chi connectivity index (χ2v) is 14.9. The molecule has 0 bridgehead atoms. The minimum Gasteiger partial charge on any atom is -0.399 e. The number of anilines is 4. The van der Waals surface area contributed by atoms with Crippen molar-refractivity contribution in [2.45, 2.75) is 42.7 Å². The lowest BCUT2D eigenvalue weighted by Crippen LogP contribution is -2.13. The Bertz CT molecular complexity index is 2530. The number of benzene rings is 5. The summed E-state index contributed by atoms with van der Waals surface area (Å²) < 4.78 is 40.7. The van der Waals surface area contributed by atoms with Crippen molar-refractivity contribution in [1.82, 2.24) is 9.97 Å². The summed E-state index contributed by atoms with van der Waals surface area (Å²) in [4.78, 5) is 9.38. The van der Waals surface area contributed by atoms with Crippen LogP contribution in [0.15, 0.2) is 138 Å². The molecular weight excluding hydrogens is 672 g/mol. The van der Waals surface area contributed by atoms with E-state index in [4.69, 9.17) is 5.73 Å². The molecule has 0 radical (unpaired) electrons. The molecule has 0 amide bonds. The van der Waals surface area contributed by atoms with Gasteiger partial charge in [0.1, 0.15) is 17.5 Å². The number of pyridine rings is 2. The van der Waals surface area contributed by atoms with Gasteiger partial charge in [0, 0.05) is 22.1 Å². The maximum atomic E-state index is 13.1. The van der Waals surface area contributed by atoms with E-state index in [-0.39, 0.29) is 10.9 Å². The number of hydrogen-bond acceptors (Lipinski definition) is 7. The van der Waals surface area contributed by atoms with Gasteiger partial charge in [-0.3, -0.25) is 4.72 Å².